The summed E-state index contributed by atoms with van der Waals surface area (Å²) in [4.78, 5) is 11.6. The molecular weight excluding hydrogens is 330 g/mol. The molecule has 7 nitrogen and oxygen atoms in total. The third-order valence-corrected chi connectivity index (χ3v) is 4.47. The van der Waals surface area contributed by atoms with Gasteiger partial charge >= 0.3 is 0 Å². The second-order valence-electron chi connectivity index (χ2n) is 4.69. The van der Waals surface area contributed by atoms with Crippen LogP contribution in [0.15, 0.2) is 57.4 Å². The molecule has 0 spiro atoms. The van der Waals surface area contributed by atoms with Gasteiger partial charge in [0.15, 0.2) is 0 Å². The van der Waals surface area contributed by atoms with E-state index < -0.39 is 15.9 Å². The number of hydrogen-bond donors (Lipinski definition) is 2. The van der Waals surface area contributed by atoms with Gasteiger partial charge in [0.25, 0.3) is 5.91 Å². The van der Waals surface area contributed by atoms with Crippen molar-refractivity contribution >= 4 is 22.0 Å². The Bertz CT molecular complexity index is 893. The highest BCUT2D eigenvalue weighted by Gasteiger charge is 2.14. The number of nitriles is 1. The van der Waals surface area contributed by atoms with E-state index in [4.69, 9.17) is 9.68 Å². The molecule has 0 aliphatic heterocycles. The highest BCUT2D eigenvalue weighted by molar-refractivity contribution is 7.89. The molecule has 1 aromatic carbocycles. The Morgan fingerprint density at radius 2 is 1.96 bits per heavy atom. The van der Waals surface area contributed by atoms with E-state index >= 15 is 0 Å². The molecule has 8 heteroatoms. The summed E-state index contributed by atoms with van der Waals surface area (Å²) < 4.78 is 32.0. The minimum Gasteiger partial charge on any atom is -0.460 e. The predicted octanol–water partition coefficient (Wildman–Crippen LogP) is 1.41. The Morgan fingerprint density at radius 1 is 1.25 bits per heavy atom. The van der Waals surface area contributed by atoms with Crippen LogP contribution >= 0.6 is 0 Å². The molecule has 1 aromatic heterocycles. The first kappa shape index (κ1) is 17.5. The second-order valence-corrected chi connectivity index (χ2v) is 6.46. The van der Waals surface area contributed by atoms with Crippen LogP contribution in [0.2, 0.25) is 0 Å². The van der Waals surface area contributed by atoms with Gasteiger partial charge in [-0.25, -0.2) is 13.1 Å². The number of benzene rings is 1. The molecule has 0 aliphatic carbocycles. The van der Waals surface area contributed by atoms with Gasteiger partial charge in [0, 0.05) is 13.1 Å². The molecule has 124 valence electrons. The molecule has 0 saturated carbocycles. The van der Waals surface area contributed by atoms with Gasteiger partial charge in [0.2, 0.25) is 10.0 Å². The normalized spacial score (nSPS) is 11.8. The lowest BCUT2D eigenvalue weighted by atomic mass is 10.2. The Kier molecular flexibility index (Phi) is 5.52. The lowest BCUT2D eigenvalue weighted by Crippen LogP contribution is -2.22. The Morgan fingerprint density at radius 3 is 2.58 bits per heavy atom. The second kappa shape index (κ2) is 7.59. The van der Waals surface area contributed by atoms with Gasteiger partial charge in [-0.2, -0.15) is 5.26 Å². The fourth-order valence-corrected chi connectivity index (χ4v) is 2.86. The molecule has 0 unspecified atom stereocenters. The van der Waals surface area contributed by atoms with Gasteiger partial charge in [0.05, 0.1) is 11.4 Å². The minimum atomic E-state index is -3.64. The molecule has 0 fully saturated rings. The lowest BCUT2D eigenvalue weighted by Gasteiger charge is -2.04. The number of furan rings is 1. The fourth-order valence-electron chi connectivity index (χ4n) is 1.84. The maximum absolute atomic E-state index is 12.1. The van der Waals surface area contributed by atoms with Crippen molar-refractivity contribution in [2.24, 2.45) is 0 Å². The van der Waals surface area contributed by atoms with Crippen molar-refractivity contribution in [2.45, 2.75) is 11.4 Å². The standard InChI is InChI=1S/C16H15N3O4S/c1-18-16(20)12(10-17)9-13-7-8-14(23-13)11-19-24(21,22)15-5-3-2-4-6-15/h2-9,19H,11H2,1H3,(H,18,20)/b12-9-. The summed E-state index contributed by atoms with van der Waals surface area (Å²) in [7, 11) is -2.22. The number of carbonyl (C=O) groups excluding carboxylic acids is 1. The van der Waals surface area contributed by atoms with Gasteiger partial charge in [-0.3, -0.25) is 4.79 Å². The molecule has 2 rings (SSSR count). The van der Waals surface area contributed by atoms with Crippen LogP contribution in [-0.2, 0) is 21.4 Å². The monoisotopic (exact) mass is 345 g/mol. The molecular formula is C16H15N3O4S. The lowest BCUT2D eigenvalue weighted by molar-refractivity contribution is -0.116. The number of likely N-dealkylation sites (N-methyl/N-ethyl adjacent to an activating group) is 1. The van der Waals surface area contributed by atoms with Crippen LogP contribution in [0.3, 0.4) is 0 Å². The predicted molar refractivity (Wildman–Crippen MR) is 86.8 cm³/mol. The fraction of sp³-hybridized carbons (Fsp3) is 0.125. The molecule has 24 heavy (non-hydrogen) atoms. The molecule has 0 bridgehead atoms. The maximum Gasteiger partial charge on any atom is 0.261 e. The summed E-state index contributed by atoms with van der Waals surface area (Å²) in [6.45, 7) is -0.0487. The van der Waals surface area contributed by atoms with Crippen LogP contribution in [-0.4, -0.2) is 21.4 Å². The van der Waals surface area contributed by atoms with Crippen LogP contribution < -0.4 is 10.0 Å². The summed E-state index contributed by atoms with van der Waals surface area (Å²) >= 11 is 0. The van der Waals surface area contributed by atoms with Crippen molar-refractivity contribution in [3.05, 3.63) is 59.6 Å². The average molecular weight is 345 g/mol. The molecule has 2 N–H and O–H groups in total. The first-order valence-corrected chi connectivity index (χ1v) is 8.42. The van der Waals surface area contributed by atoms with E-state index in [-0.39, 0.29) is 22.8 Å². The minimum absolute atomic E-state index is 0.0487. The van der Waals surface area contributed by atoms with E-state index in [0.717, 1.165) is 0 Å². The van der Waals surface area contributed by atoms with Gasteiger partial charge in [-0.1, -0.05) is 18.2 Å². The van der Waals surface area contributed by atoms with Crippen molar-refractivity contribution in [1.82, 2.24) is 10.0 Å². The Labute approximate surface area is 139 Å². The Balaban J connectivity index is 2.09. The summed E-state index contributed by atoms with van der Waals surface area (Å²) in [6, 6.07) is 12.8. The molecule has 1 heterocycles. The van der Waals surface area contributed by atoms with Crippen LogP contribution in [0, 0.1) is 11.3 Å². The zero-order valence-electron chi connectivity index (χ0n) is 12.8. The van der Waals surface area contributed by atoms with Crippen LogP contribution in [0.25, 0.3) is 6.08 Å². The van der Waals surface area contributed by atoms with Gasteiger partial charge in [-0.05, 0) is 24.3 Å². The SMILES string of the molecule is CNC(=O)/C(C#N)=C\c1ccc(CNS(=O)(=O)c2ccccc2)o1. The summed E-state index contributed by atoms with van der Waals surface area (Å²) in [5, 5.41) is 11.3. The summed E-state index contributed by atoms with van der Waals surface area (Å²) in [5.41, 5.74) is -0.108. The molecule has 0 saturated heterocycles. The first-order valence-electron chi connectivity index (χ1n) is 6.93. The highest BCUT2D eigenvalue weighted by Crippen LogP contribution is 2.14. The maximum atomic E-state index is 12.1. The zero-order valence-corrected chi connectivity index (χ0v) is 13.6. The molecule has 1 amide bonds. The number of nitrogens with one attached hydrogen (secondary N) is 2. The first-order chi connectivity index (χ1) is 11.5. The van der Waals surface area contributed by atoms with E-state index in [2.05, 4.69) is 10.0 Å². The molecule has 0 radical (unpaired) electrons. The molecule has 0 atom stereocenters. The number of rotatable bonds is 6. The van der Waals surface area contributed by atoms with Crippen molar-refractivity contribution in [1.29, 1.82) is 5.26 Å². The number of amides is 1. The zero-order chi connectivity index (χ0) is 17.6. The molecule has 2 aromatic rings. The number of nitrogens with zero attached hydrogens (tertiary/aromatic N) is 1. The van der Waals surface area contributed by atoms with E-state index in [1.807, 2.05) is 0 Å². The van der Waals surface area contributed by atoms with Gasteiger partial charge < -0.3 is 9.73 Å². The summed E-state index contributed by atoms with van der Waals surface area (Å²) in [5.74, 6) is 0.110. The van der Waals surface area contributed by atoms with Crippen molar-refractivity contribution in [3.8, 4) is 6.07 Å². The number of carbonyl (C=O) groups is 1. The summed E-state index contributed by atoms with van der Waals surface area (Å²) in [6.07, 6.45) is 1.29. The highest BCUT2D eigenvalue weighted by atomic mass is 32.2. The third kappa shape index (κ3) is 4.32. The van der Waals surface area contributed by atoms with Crippen LogP contribution in [0.5, 0.6) is 0 Å². The largest absolute Gasteiger partial charge is 0.460 e. The Hall–Kier alpha value is -2.89. The van der Waals surface area contributed by atoms with Gasteiger partial charge in [-0.15, -0.1) is 0 Å². The van der Waals surface area contributed by atoms with Crippen LogP contribution in [0.4, 0.5) is 0 Å². The van der Waals surface area contributed by atoms with E-state index in [0.29, 0.717) is 5.76 Å². The van der Waals surface area contributed by atoms with E-state index in [1.165, 1.54) is 25.3 Å². The number of sulfonamides is 1. The third-order valence-electron chi connectivity index (χ3n) is 3.05. The van der Waals surface area contributed by atoms with E-state index in [9.17, 15) is 13.2 Å². The van der Waals surface area contributed by atoms with Crippen molar-refractivity contribution < 1.29 is 17.6 Å². The van der Waals surface area contributed by atoms with Crippen molar-refractivity contribution in [3.63, 3.8) is 0 Å². The van der Waals surface area contributed by atoms with Gasteiger partial charge in [0.1, 0.15) is 23.2 Å². The molecule has 0 aliphatic rings. The van der Waals surface area contributed by atoms with E-state index in [1.54, 1.807) is 36.4 Å². The number of hydrogen-bond acceptors (Lipinski definition) is 5. The smallest absolute Gasteiger partial charge is 0.261 e. The average Bonchev–Trinajstić information content (AvgIpc) is 3.05. The van der Waals surface area contributed by atoms with Crippen molar-refractivity contribution in [2.75, 3.05) is 7.05 Å². The quantitative estimate of drug-likeness (QED) is 0.607. The van der Waals surface area contributed by atoms with Crippen LogP contribution in [0.1, 0.15) is 11.5 Å². The topological polar surface area (TPSA) is 112 Å².